The van der Waals surface area contributed by atoms with Gasteiger partial charge in [0.2, 0.25) is 0 Å². The average molecular weight is 1120 g/mol. The lowest BCUT2D eigenvalue weighted by atomic mass is 9.30. The predicted octanol–water partition coefficient (Wildman–Crippen LogP) is 17.4. The molecule has 0 aliphatic carbocycles. The molecule has 4 heterocycles. The second kappa shape index (κ2) is 20.1. The first kappa shape index (κ1) is 49.9. The number of para-hydroxylation sites is 9. The van der Waals surface area contributed by atoms with E-state index in [1.807, 2.05) is 0 Å². The zero-order valence-corrected chi connectivity index (χ0v) is 47.9. The molecule has 0 fully saturated rings. The SMILES string of the molecule is c1ccc(N(c2ccccc2)c2ccc3c4c5c(cc3c2)N(c2ccccc2)c2ccccc2B5c2cc3c(cc2O4)N(c2ccccc2)c2c4c(cc5cc(N(c6ccccc6)c6ccccc6)ccc25)N(c2ccccc2)c2ccccc2B34)cc1. The number of nitrogens with zero attached hydrogens (tertiary/aromatic N) is 5. The van der Waals surface area contributed by atoms with E-state index in [2.05, 4.69) is 346 Å². The first-order valence-corrected chi connectivity index (χ1v) is 30.3. The van der Waals surface area contributed by atoms with Crippen molar-refractivity contribution in [2.45, 2.75) is 0 Å². The molecular weight excluding hydrogens is 1070 g/mol. The number of rotatable bonds is 9. The monoisotopic (exact) mass is 1120 g/mol. The summed E-state index contributed by atoms with van der Waals surface area (Å²) in [7, 11) is 0. The van der Waals surface area contributed by atoms with Crippen LogP contribution in [0.25, 0.3) is 21.5 Å². The van der Waals surface area contributed by atoms with Gasteiger partial charge in [-0.3, -0.25) is 0 Å². The molecular formula is C80H53B2N5O. The van der Waals surface area contributed by atoms with Gasteiger partial charge in [-0.15, -0.1) is 0 Å². The van der Waals surface area contributed by atoms with E-state index in [1.54, 1.807) is 0 Å². The van der Waals surface area contributed by atoms with Gasteiger partial charge in [-0.1, -0.05) is 176 Å². The van der Waals surface area contributed by atoms with Crippen molar-refractivity contribution in [2.24, 2.45) is 0 Å². The van der Waals surface area contributed by atoms with Crippen molar-refractivity contribution >= 4 is 153 Å². The summed E-state index contributed by atoms with van der Waals surface area (Å²) in [6.07, 6.45) is 0. The van der Waals surface area contributed by atoms with Crippen LogP contribution in [0.2, 0.25) is 0 Å². The third-order valence-electron chi connectivity index (χ3n) is 18.3. The topological polar surface area (TPSA) is 25.4 Å². The maximum atomic E-state index is 7.83. The fourth-order valence-electron chi connectivity index (χ4n) is 14.7. The second-order valence-corrected chi connectivity index (χ2v) is 23.2. The molecule has 0 spiro atoms. The molecule has 0 N–H and O–H groups in total. The summed E-state index contributed by atoms with van der Waals surface area (Å²) in [5.41, 5.74) is 23.9. The van der Waals surface area contributed by atoms with Crippen LogP contribution in [0, 0.1) is 0 Å². The normalized spacial score (nSPS) is 13.0. The first-order valence-electron chi connectivity index (χ1n) is 30.3. The van der Waals surface area contributed by atoms with Crippen LogP contribution in [0.3, 0.4) is 0 Å². The van der Waals surface area contributed by atoms with Crippen LogP contribution in [-0.4, -0.2) is 13.4 Å². The summed E-state index contributed by atoms with van der Waals surface area (Å²) in [6, 6.07) is 117. The average Bonchev–Trinajstić information content (AvgIpc) is 0.720. The number of fused-ring (bicyclic) bond motifs is 12. The quantitative estimate of drug-likeness (QED) is 0.134. The number of hydrogen-bond acceptors (Lipinski definition) is 6. The number of anilines is 15. The van der Waals surface area contributed by atoms with Gasteiger partial charge in [0.1, 0.15) is 11.5 Å². The van der Waals surface area contributed by atoms with E-state index in [0.717, 1.165) is 129 Å². The summed E-state index contributed by atoms with van der Waals surface area (Å²) in [5.74, 6) is 1.73. The molecule has 0 bridgehead atoms. The zero-order valence-electron chi connectivity index (χ0n) is 47.9. The van der Waals surface area contributed by atoms with Crippen LogP contribution in [-0.2, 0) is 0 Å². The molecule has 0 amide bonds. The lowest BCUT2D eigenvalue weighted by molar-refractivity contribution is 0.493. The largest absolute Gasteiger partial charge is 0.458 e. The minimum atomic E-state index is -0.165. The van der Waals surface area contributed by atoms with Gasteiger partial charge in [-0.2, -0.15) is 0 Å². The van der Waals surface area contributed by atoms with E-state index in [0.29, 0.717) is 0 Å². The van der Waals surface area contributed by atoms with E-state index in [9.17, 15) is 0 Å². The molecule has 0 unspecified atom stereocenters. The van der Waals surface area contributed by atoms with Gasteiger partial charge in [0.15, 0.2) is 0 Å². The van der Waals surface area contributed by atoms with Crippen molar-refractivity contribution in [3.63, 3.8) is 0 Å². The van der Waals surface area contributed by atoms with Gasteiger partial charge in [0.05, 0.1) is 5.69 Å². The summed E-state index contributed by atoms with van der Waals surface area (Å²) < 4.78 is 7.83. The standard InChI is InChI=1S/C80H53B2N5O/c1-8-26-56(27-9-1)83(57-28-10-2-11-29-57)63-44-46-65-54(48-63)50-74-77-79(65)87(62-38-20-7-21-39-62)73-53-76-70(52-69(73)81(77)67-40-22-24-42-71(67)85(74)60-34-16-5-17-35-60)82-68-41-23-25-43-72(68)86(61-36-18-6-19-37-61)75-51-55-49-64(45-47-66(55)80(88-76)78(75)82)84(58-30-12-3-13-31-58)59-32-14-4-15-33-59/h1-53H. The Morgan fingerprint density at radius 1 is 0.261 bits per heavy atom. The van der Waals surface area contributed by atoms with Crippen LogP contribution >= 0.6 is 0 Å². The summed E-state index contributed by atoms with van der Waals surface area (Å²) in [6.45, 7) is -0.314. The highest BCUT2D eigenvalue weighted by atomic mass is 16.5. The number of hydrogen-bond donors (Lipinski definition) is 0. The van der Waals surface area contributed by atoms with Crippen LogP contribution in [0.4, 0.5) is 85.3 Å². The highest BCUT2D eigenvalue weighted by Crippen LogP contribution is 2.51. The zero-order chi connectivity index (χ0) is 57.8. The van der Waals surface area contributed by atoms with E-state index in [4.69, 9.17) is 4.74 Å². The van der Waals surface area contributed by atoms with Crippen LogP contribution < -0.4 is 62.0 Å². The van der Waals surface area contributed by atoms with Crippen LogP contribution in [0.1, 0.15) is 0 Å². The minimum Gasteiger partial charge on any atom is -0.458 e. The van der Waals surface area contributed by atoms with Gasteiger partial charge in [-0.05, 0) is 183 Å². The Labute approximate surface area is 512 Å². The van der Waals surface area contributed by atoms with Crippen molar-refractivity contribution in [2.75, 3.05) is 24.5 Å². The van der Waals surface area contributed by atoms with Gasteiger partial charge in [0, 0.05) is 96.5 Å². The molecule has 14 aromatic carbocycles. The Hall–Kier alpha value is -11.5. The van der Waals surface area contributed by atoms with Gasteiger partial charge >= 0.3 is 0 Å². The van der Waals surface area contributed by atoms with Crippen molar-refractivity contribution in [3.8, 4) is 11.5 Å². The molecule has 4 aliphatic heterocycles. The maximum Gasteiger partial charge on any atom is 0.256 e. The smallest absolute Gasteiger partial charge is 0.256 e. The Morgan fingerprint density at radius 3 is 1.12 bits per heavy atom. The minimum absolute atomic E-state index is 0.150. The van der Waals surface area contributed by atoms with E-state index in [1.165, 1.54) is 21.9 Å². The third-order valence-corrected chi connectivity index (χ3v) is 18.3. The molecule has 88 heavy (non-hydrogen) atoms. The lowest BCUT2D eigenvalue weighted by Crippen LogP contribution is -2.64. The fourth-order valence-corrected chi connectivity index (χ4v) is 14.7. The Morgan fingerprint density at radius 2 is 0.648 bits per heavy atom. The van der Waals surface area contributed by atoms with Crippen molar-refractivity contribution < 1.29 is 4.74 Å². The van der Waals surface area contributed by atoms with Gasteiger partial charge in [0.25, 0.3) is 13.4 Å². The highest BCUT2D eigenvalue weighted by molar-refractivity contribution is 7.03. The summed E-state index contributed by atoms with van der Waals surface area (Å²) in [5, 5.41) is 4.44. The Bertz CT molecular complexity index is 4960. The molecule has 8 heteroatoms. The second-order valence-electron chi connectivity index (χ2n) is 23.2. The fraction of sp³-hybridized carbons (Fsp3) is 0. The van der Waals surface area contributed by atoms with E-state index >= 15 is 0 Å². The third kappa shape index (κ3) is 7.72. The maximum absolute atomic E-state index is 7.83. The molecule has 4 aliphatic rings. The summed E-state index contributed by atoms with van der Waals surface area (Å²) >= 11 is 0. The van der Waals surface area contributed by atoms with E-state index < -0.39 is 0 Å². The van der Waals surface area contributed by atoms with Crippen molar-refractivity contribution in [1.82, 2.24) is 0 Å². The first-order chi connectivity index (χ1) is 43.7. The molecule has 410 valence electrons. The predicted molar refractivity (Wildman–Crippen MR) is 371 cm³/mol. The van der Waals surface area contributed by atoms with E-state index in [-0.39, 0.29) is 13.4 Å². The molecule has 0 saturated heterocycles. The number of benzene rings is 14. The Kier molecular flexibility index (Phi) is 11.4. The van der Waals surface area contributed by atoms with Gasteiger partial charge in [-0.25, -0.2) is 0 Å². The van der Waals surface area contributed by atoms with Gasteiger partial charge < -0.3 is 29.2 Å². The highest BCUT2D eigenvalue weighted by Gasteiger charge is 2.48. The number of ether oxygens (including phenoxy) is 1. The lowest BCUT2D eigenvalue weighted by Gasteiger charge is -2.46. The molecule has 14 aromatic rings. The van der Waals surface area contributed by atoms with Crippen molar-refractivity contribution in [1.29, 1.82) is 0 Å². The Balaban J connectivity index is 0.907. The van der Waals surface area contributed by atoms with Crippen molar-refractivity contribution in [3.05, 3.63) is 322 Å². The molecule has 0 saturated carbocycles. The molecule has 0 aromatic heterocycles. The molecule has 0 atom stereocenters. The van der Waals surface area contributed by atoms with Crippen LogP contribution in [0.5, 0.6) is 11.5 Å². The molecule has 18 rings (SSSR count). The van der Waals surface area contributed by atoms with Crippen LogP contribution in [0.15, 0.2) is 322 Å². The summed E-state index contributed by atoms with van der Waals surface area (Å²) in [4.78, 5) is 12.2. The molecule has 6 nitrogen and oxygen atoms in total. The molecule has 0 radical (unpaired) electrons.